The van der Waals surface area contributed by atoms with E-state index in [2.05, 4.69) is 28.1 Å². The summed E-state index contributed by atoms with van der Waals surface area (Å²) in [5, 5.41) is 3.43. The number of carbonyl (C=O) groups excluding carboxylic acids is 1. The lowest BCUT2D eigenvalue weighted by Gasteiger charge is -2.41. The molecule has 2 aliphatic rings. The van der Waals surface area contributed by atoms with Crippen LogP contribution in [0.2, 0.25) is 0 Å². The van der Waals surface area contributed by atoms with Gasteiger partial charge < -0.3 is 15.0 Å². The summed E-state index contributed by atoms with van der Waals surface area (Å²) in [6.45, 7) is 6.73. The van der Waals surface area contributed by atoms with Crippen LogP contribution in [0.3, 0.4) is 0 Å². The van der Waals surface area contributed by atoms with E-state index in [1.165, 1.54) is 12.8 Å². The average molecular weight is 345 g/mol. The number of likely N-dealkylation sites (tertiary alicyclic amines) is 1. The lowest BCUT2D eigenvalue weighted by molar-refractivity contribution is -0.138. The number of rotatable bonds is 4. The van der Waals surface area contributed by atoms with Crippen molar-refractivity contribution < 1.29 is 9.53 Å². The summed E-state index contributed by atoms with van der Waals surface area (Å²) < 4.78 is 5.41. The maximum atomic E-state index is 13.5. The van der Waals surface area contributed by atoms with Crippen LogP contribution in [0.25, 0.3) is 0 Å². The summed E-state index contributed by atoms with van der Waals surface area (Å²) in [4.78, 5) is 18.0. The maximum absolute atomic E-state index is 13.5. The molecule has 0 aromatic heterocycles. The van der Waals surface area contributed by atoms with Crippen LogP contribution in [0.15, 0.2) is 24.3 Å². The Kier molecular flexibility index (Phi) is 6.32. The van der Waals surface area contributed by atoms with Crippen LogP contribution in [-0.2, 0) is 4.79 Å². The highest BCUT2D eigenvalue weighted by Gasteiger charge is 2.35. The number of benzene rings is 1. The molecule has 138 valence electrons. The largest absolute Gasteiger partial charge is 0.497 e. The zero-order valence-electron chi connectivity index (χ0n) is 15.5. The van der Waals surface area contributed by atoms with E-state index in [1.54, 1.807) is 7.11 Å². The fourth-order valence-electron chi connectivity index (χ4n) is 3.99. The van der Waals surface area contributed by atoms with Gasteiger partial charge >= 0.3 is 0 Å². The first-order valence-electron chi connectivity index (χ1n) is 9.60. The normalized spacial score (nSPS) is 23.8. The Morgan fingerprint density at radius 1 is 1.20 bits per heavy atom. The second-order valence-electron chi connectivity index (χ2n) is 7.21. The number of ether oxygens (including phenoxy) is 1. The van der Waals surface area contributed by atoms with Gasteiger partial charge in [0.05, 0.1) is 7.11 Å². The van der Waals surface area contributed by atoms with Crippen LogP contribution in [0.5, 0.6) is 5.75 Å². The minimum atomic E-state index is -0.217. The smallest absolute Gasteiger partial charge is 0.244 e. The molecule has 3 rings (SSSR count). The fourth-order valence-corrected chi connectivity index (χ4v) is 3.99. The highest BCUT2D eigenvalue weighted by atomic mass is 16.5. The Morgan fingerprint density at radius 2 is 1.96 bits per heavy atom. The van der Waals surface area contributed by atoms with Gasteiger partial charge in [0.1, 0.15) is 11.8 Å². The van der Waals surface area contributed by atoms with Gasteiger partial charge in [-0.1, -0.05) is 25.0 Å². The second kappa shape index (κ2) is 8.68. The van der Waals surface area contributed by atoms with Crippen LogP contribution in [-0.4, -0.2) is 61.6 Å². The molecule has 2 heterocycles. The van der Waals surface area contributed by atoms with E-state index in [-0.39, 0.29) is 11.9 Å². The Labute approximate surface area is 151 Å². The zero-order valence-corrected chi connectivity index (χ0v) is 15.5. The SMILES string of the molecule is COc1cccc(C(C(=O)N2CCCCCC2)N2CCNCC2C)c1. The van der Waals surface area contributed by atoms with Gasteiger partial charge in [-0.2, -0.15) is 0 Å². The van der Waals surface area contributed by atoms with E-state index >= 15 is 0 Å². The van der Waals surface area contributed by atoms with E-state index < -0.39 is 0 Å². The predicted octanol–water partition coefficient (Wildman–Crippen LogP) is 2.43. The number of amides is 1. The van der Waals surface area contributed by atoms with Gasteiger partial charge in [-0.25, -0.2) is 0 Å². The van der Waals surface area contributed by atoms with Crippen molar-refractivity contribution in [3.63, 3.8) is 0 Å². The monoisotopic (exact) mass is 345 g/mol. The number of nitrogens with one attached hydrogen (secondary N) is 1. The Morgan fingerprint density at radius 3 is 2.64 bits per heavy atom. The summed E-state index contributed by atoms with van der Waals surface area (Å²) in [7, 11) is 1.68. The van der Waals surface area contributed by atoms with Gasteiger partial charge in [0.15, 0.2) is 0 Å². The van der Waals surface area contributed by atoms with Crippen molar-refractivity contribution in [2.24, 2.45) is 0 Å². The van der Waals surface area contributed by atoms with Crippen molar-refractivity contribution in [2.75, 3.05) is 39.8 Å². The molecular formula is C20H31N3O2. The molecule has 1 N–H and O–H groups in total. The molecule has 0 spiro atoms. The number of piperazine rings is 1. The van der Waals surface area contributed by atoms with E-state index in [0.29, 0.717) is 6.04 Å². The molecule has 2 unspecified atom stereocenters. The number of methoxy groups -OCH3 is 1. The van der Waals surface area contributed by atoms with Crippen LogP contribution >= 0.6 is 0 Å². The molecule has 0 aliphatic carbocycles. The van der Waals surface area contributed by atoms with Gasteiger partial charge in [-0.3, -0.25) is 9.69 Å². The van der Waals surface area contributed by atoms with Gasteiger partial charge in [-0.15, -0.1) is 0 Å². The third kappa shape index (κ3) is 4.33. The van der Waals surface area contributed by atoms with Crippen molar-refractivity contribution in [1.29, 1.82) is 0 Å². The van der Waals surface area contributed by atoms with Crippen molar-refractivity contribution in [1.82, 2.24) is 15.1 Å². The second-order valence-corrected chi connectivity index (χ2v) is 7.21. The fraction of sp³-hybridized carbons (Fsp3) is 0.650. The summed E-state index contributed by atoms with van der Waals surface area (Å²) in [5.74, 6) is 1.07. The maximum Gasteiger partial charge on any atom is 0.244 e. The van der Waals surface area contributed by atoms with Crippen LogP contribution < -0.4 is 10.1 Å². The Balaban J connectivity index is 1.91. The molecule has 5 heteroatoms. The van der Waals surface area contributed by atoms with Crippen LogP contribution in [0.4, 0.5) is 0 Å². The molecule has 0 radical (unpaired) electrons. The third-order valence-corrected chi connectivity index (χ3v) is 5.45. The summed E-state index contributed by atoms with van der Waals surface area (Å²) in [6, 6.07) is 8.14. The van der Waals surface area contributed by atoms with Crippen molar-refractivity contribution >= 4 is 5.91 Å². The number of nitrogens with zero attached hydrogens (tertiary/aromatic N) is 2. The number of hydrogen-bond donors (Lipinski definition) is 1. The van der Waals surface area contributed by atoms with Crippen molar-refractivity contribution in [3.8, 4) is 5.75 Å². The molecular weight excluding hydrogens is 314 g/mol. The van der Waals surface area contributed by atoms with Crippen LogP contribution in [0.1, 0.15) is 44.2 Å². The molecule has 5 nitrogen and oxygen atoms in total. The minimum Gasteiger partial charge on any atom is -0.497 e. The molecule has 1 aromatic rings. The molecule has 1 aromatic carbocycles. The molecule has 2 aliphatic heterocycles. The molecule has 25 heavy (non-hydrogen) atoms. The highest BCUT2D eigenvalue weighted by molar-refractivity contribution is 5.83. The van der Waals surface area contributed by atoms with Gasteiger partial charge in [0, 0.05) is 38.8 Å². The Bertz CT molecular complexity index is 570. The molecule has 0 bridgehead atoms. The first kappa shape index (κ1) is 18.2. The summed E-state index contributed by atoms with van der Waals surface area (Å²) >= 11 is 0. The standard InChI is InChI=1S/C20H31N3O2/c1-16-15-21-10-13-23(16)19(17-8-7-9-18(14-17)25-2)20(24)22-11-5-3-4-6-12-22/h7-9,14,16,19,21H,3-6,10-13,15H2,1-2H3. The topological polar surface area (TPSA) is 44.8 Å². The molecule has 0 saturated carbocycles. The van der Waals surface area contributed by atoms with Crippen molar-refractivity contribution in [2.45, 2.75) is 44.7 Å². The van der Waals surface area contributed by atoms with Crippen LogP contribution in [0, 0.1) is 0 Å². The van der Waals surface area contributed by atoms with Crippen molar-refractivity contribution in [3.05, 3.63) is 29.8 Å². The van der Waals surface area contributed by atoms with E-state index in [1.807, 2.05) is 18.2 Å². The third-order valence-electron chi connectivity index (χ3n) is 5.45. The molecule has 2 saturated heterocycles. The first-order valence-corrected chi connectivity index (χ1v) is 9.60. The van der Waals surface area contributed by atoms with Gasteiger partial charge in [0.2, 0.25) is 5.91 Å². The van der Waals surface area contributed by atoms with E-state index in [9.17, 15) is 4.79 Å². The van der Waals surface area contributed by atoms with Gasteiger partial charge in [0.25, 0.3) is 0 Å². The number of hydrogen-bond acceptors (Lipinski definition) is 4. The summed E-state index contributed by atoms with van der Waals surface area (Å²) in [5.41, 5.74) is 1.04. The number of carbonyl (C=O) groups is 1. The minimum absolute atomic E-state index is 0.217. The van der Waals surface area contributed by atoms with E-state index in [0.717, 1.165) is 56.9 Å². The molecule has 2 atom stereocenters. The Hall–Kier alpha value is -1.59. The van der Waals surface area contributed by atoms with Gasteiger partial charge in [-0.05, 0) is 37.5 Å². The molecule has 1 amide bonds. The lowest BCUT2D eigenvalue weighted by Crippen LogP contribution is -2.54. The average Bonchev–Trinajstić information content (AvgIpc) is 2.93. The highest BCUT2D eigenvalue weighted by Crippen LogP contribution is 2.29. The molecule has 2 fully saturated rings. The summed E-state index contributed by atoms with van der Waals surface area (Å²) in [6.07, 6.45) is 4.71. The van der Waals surface area contributed by atoms with E-state index in [4.69, 9.17) is 4.74 Å². The quantitative estimate of drug-likeness (QED) is 0.910. The first-order chi connectivity index (χ1) is 12.2. The zero-order chi connectivity index (χ0) is 17.6. The predicted molar refractivity (Wildman–Crippen MR) is 99.8 cm³/mol. The lowest BCUT2D eigenvalue weighted by atomic mass is 10.00.